The van der Waals surface area contributed by atoms with Crippen LogP contribution in [-0.4, -0.2) is 25.5 Å². The number of nitrogens with one attached hydrogen (secondary N) is 1. The summed E-state index contributed by atoms with van der Waals surface area (Å²) >= 11 is -2.13. The summed E-state index contributed by atoms with van der Waals surface area (Å²) in [5.74, 6) is 0.371. The van der Waals surface area contributed by atoms with Crippen LogP contribution in [0.3, 0.4) is 0 Å². The van der Waals surface area contributed by atoms with Crippen LogP contribution in [0.2, 0.25) is 0 Å². The number of hydrogen-bond donors (Lipinski definition) is 2. The van der Waals surface area contributed by atoms with E-state index in [1.807, 2.05) is 46.8 Å². The van der Waals surface area contributed by atoms with E-state index in [0.29, 0.717) is 29.9 Å². The maximum absolute atomic E-state index is 13.7. The molecule has 0 aliphatic heterocycles. The van der Waals surface area contributed by atoms with Crippen molar-refractivity contribution in [1.82, 2.24) is 14.8 Å². The third-order valence-electron chi connectivity index (χ3n) is 8.34. The standard InChI is InChI=1S/C39H46F3N9O2S/c1-11-50(19-18-43)28-15-16-30(31(21-28)49-54(52)53-32-20-26(13-12-25(32)2)38(9,10)24-36(3,4)5)46-47-35-29(22-44)34(37(6,7)8)48-51(35)33-17-14-27(23-45-33)39(40,41)42/h12-17,20-21,23,49H,11,24,43H2,1-10H3. The second kappa shape index (κ2) is 15.9. The van der Waals surface area contributed by atoms with Crippen molar-refractivity contribution in [3.05, 3.63) is 82.7 Å². The zero-order valence-corrected chi connectivity index (χ0v) is 33.0. The summed E-state index contributed by atoms with van der Waals surface area (Å²) in [7, 11) is 0. The number of aryl methyl sites for hydroxylation is 1. The van der Waals surface area contributed by atoms with Gasteiger partial charge in [0.25, 0.3) is 0 Å². The monoisotopic (exact) mass is 761 g/mol. The van der Waals surface area contributed by atoms with Crippen LogP contribution in [-0.2, 0) is 28.3 Å². The number of benzene rings is 2. The number of nitriles is 1. The van der Waals surface area contributed by atoms with Gasteiger partial charge >= 0.3 is 17.4 Å². The number of rotatable bonds is 11. The lowest BCUT2D eigenvalue weighted by Gasteiger charge is -2.33. The van der Waals surface area contributed by atoms with E-state index >= 15 is 0 Å². The van der Waals surface area contributed by atoms with Crippen LogP contribution in [0.4, 0.5) is 36.1 Å². The van der Waals surface area contributed by atoms with E-state index in [1.54, 1.807) is 23.1 Å². The summed E-state index contributed by atoms with van der Waals surface area (Å²) in [4.78, 5) is 5.65. The highest BCUT2D eigenvalue weighted by atomic mass is 32.2. The average Bonchev–Trinajstić information content (AvgIpc) is 3.45. The second-order valence-electron chi connectivity index (χ2n) is 15.6. The van der Waals surface area contributed by atoms with E-state index in [9.17, 15) is 22.6 Å². The van der Waals surface area contributed by atoms with Gasteiger partial charge in [-0.25, -0.2) is 4.98 Å². The zero-order chi connectivity index (χ0) is 40.2. The van der Waals surface area contributed by atoms with Gasteiger partial charge in [0.1, 0.15) is 23.1 Å². The number of hydrogen-bond acceptors (Lipinski definition) is 9. The lowest BCUT2D eigenvalue weighted by Crippen LogP contribution is -2.25. The number of pyridine rings is 1. The van der Waals surface area contributed by atoms with Crippen LogP contribution in [0.1, 0.15) is 96.7 Å². The van der Waals surface area contributed by atoms with Gasteiger partial charge in [0, 0.05) is 30.2 Å². The number of alkyl halides is 3. The third-order valence-corrected chi connectivity index (χ3v) is 9.05. The molecule has 0 fully saturated rings. The van der Waals surface area contributed by atoms with Gasteiger partial charge in [0.15, 0.2) is 11.6 Å². The maximum atomic E-state index is 13.7. The third kappa shape index (κ3) is 9.96. The Morgan fingerprint density at radius 1 is 1.00 bits per heavy atom. The van der Waals surface area contributed by atoms with E-state index in [-0.39, 0.29) is 39.4 Å². The largest absolute Gasteiger partial charge is 0.417 e. The molecule has 0 aliphatic rings. The van der Waals surface area contributed by atoms with Crippen molar-refractivity contribution in [3.63, 3.8) is 0 Å². The van der Waals surface area contributed by atoms with Gasteiger partial charge in [-0.05, 0) is 78.6 Å². The first-order chi connectivity index (χ1) is 25.1. The van der Waals surface area contributed by atoms with E-state index in [4.69, 9.17) is 9.92 Å². The van der Waals surface area contributed by atoms with E-state index in [2.05, 4.69) is 83.9 Å². The molecular weight excluding hydrogens is 716 g/mol. The molecule has 1 unspecified atom stereocenters. The SMILES string of the molecule is CCN(C#CN)c1ccc(N=Nc2c(C#N)c(C(C)(C)C)nn2-c2ccc(C(F)(F)F)cn2)c(NS(=O)Oc2cc(C(C)(C)CC(C)(C)C)ccc2C)c1. The van der Waals surface area contributed by atoms with Crippen molar-refractivity contribution in [1.29, 1.82) is 5.26 Å². The van der Waals surface area contributed by atoms with E-state index in [0.717, 1.165) is 29.7 Å². The summed E-state index contributed by atoms with van der Waals surface area (Å²) in [5.41, 5.74) is 7.05. The first kappa shape index (κ1) is 41.3. The second-order valence-corrected chi connectivity index (χ2v) is 16.5. The number of halogens is 3. The molecule has 15 heteroatoms. The van der Waals surface area contributed by atoms with Gasteiger partial charge < -0.3 is 14.8 Å². The average molecular weight is 762 g/mol. The highest BCUT2D eigenvalue weighted by Crippen LogP contribution is 2.40. The first-order valence-electron chi connectivity index (χ1n) is 17.2. The Bertz CT molecular complexity index is 2150. The number of nitrogens with two attached hydrogens (primary N) is 1. The maximum Gasteiger partial charge on any atom is 0.417 e. The van der Waals surface area contributed by atoms with Crippen molar-refractivity contribution in [2.24, 2.45) is 21.4 Å². The van der Waals surface area contributed by atoms with Crippen LogP contribution in [0, 0.1) is 35.8 Å². The lowest BCUT2D eigenvalue weighted by molar-refractivity contribution is -0.137. The summed E-state index contributed by atoms with van der Waals surface area (Å²) in [6.45, 7) is 20.6. The molecule has 0 amide bonds. The molecule has 0 saturated heterocycles. The van der Waals surface area contributed by atoms with Crippen molar-refractivity contribution in [3.8, 4) is 29.7 Å². The molecule has 11 nitrogen and oxygen atoms in total. The van der Waals surface area contributed by atoms with Gasteiger partial charge in [-0.1, -0.05) is 67.5 Å². The molecule has 54 heavy (non-hydrogen) atoms. The molecule has 4 aromatic rings. The smallest absolute Gasteiger partial charge is 0.385 e. The predicted octanol–water partition coefficient (Wildman–Crippen LogP) is 9.67. The summed E-state index contributed by atoms with van der Waals surface area (Å²) < 4.78 is 63.7. The van der Waals surface area contributed by atoms with Crippen LogP contribution < -0.4 is 19.5 Å². The summed E-state index contributed by atoms with van der Waals surface area (Å²) in [6, 6.07) is 20.2. The van der Waals surface area contributed by atoms with E-state index in [1.165, 1.54) is 4.68 Å². The minimum Gasteiger partial charge on any atom is -0.385 e. The van der Waals surface area contributed by atoms with Gasteiger partial charge in [0.2, 0.25) is 0 Å². The molecule has 3 N–H and O–H groups in total. The molecule has 2 aromatic carbocycles. The molecule has 4 rings (SSSR count). The fourth-order valence-electron chi connectivity index (χ4n) is 6.07. The first-order valence-corrected chi connectivity index (χ1v) is 18.2. The summed E-state index contributed by atoms with van der Waals surface area (Å²) in [5, 5.41) is 23.6. The van der Waals surface area contributed by atoms with Gasteiger partial charge in [-0.15, -0.1) is 10.2 Å². The highest BCUT2D eigenvalue weighted by molar-refractivity contribution is 7.82. The van der Waals surface area contributed by atoms with E-state index < -0.39 is 28.4 Å². The predicted molar refractivity (Wildman–Crippen MR) is 206 cm³/mol. The van der Waals surface area contributed by atoms with Crippen LogP contribution in [0.25, 0.3) is 5.82 Å². The lowest BCUT2D eigenvalue weighted by atomic mass is 9.72. The van der Waals surface area contributed by atoms with Crippen LogP contribution >= 0.6 is 0 Å². The Hall–Kier alpha value is -5.41. The van der Waals surface area contributed by atoms with Crippen LogP contribution in [0.5, 0.6) is 5.75 Å². The quantitative estimate of drug-likeness (QED) is 0.0879. The highest BCUT2D eigenvalue weighted by Gasteiger charge is 2.32. The normalized spacial score (nSPS) is 12.9. The molecule has 2 aromatic heterocycles. The molecule has 0 aliphatic carbocycles. The van der Waals surface area contributed by atoms with Gasteiger partial charge in [-0.2, -0.15) is 32.4 Å². The van der Waals surface area contributed by atoms with Gasteiger partial charge in [0.05, 0.1) is 22.6 Å². The molecule has 0 spiro atoms. The molecule has 2 heterocycles. The Balaban J connectivity index is 1.79. The molecule has 0 saturated carbocycles. The fraction of sp³-hybridized carbons (Fsp3) is 0.410. The Morgan fingerprint density at radius 2 is 1.69 bits per heavy atom. The molecule has 1 atom stereocenters. The molecular formula is C39H46F3N9O2S. The van der Waals surface area contributed by atoms with Crippen LogP contribution in [0.15, 0.2) is 65.0 Å². The van der Waals surface area contributed by atoms with Gasteiger partial charge in [-0.3, -0.25) is 4.72 Å². The number of nitrogens with zero attached hydrogens (tertiary/aromatic N) is 7. The summed E-state index contributed by atoms with van der Waals surface area (Å²) in [6.07, 6.45) is -3.01. The Morgan fingerprint density at radius 3 is 2.24 bits per heavy atom. The van der Waals surface area contributed by atoms with Crippen molar-refractivity contribution >= 4 is 34.1 Å². The fourth-order valence-corrected chi connectivity index (χ4v) is 6.79. The molecule has 0 bridgehead atoms. The number of aromatic nitrogens is 3. The molecule has 0 radical (unpaired) electrons. The zero-order valence-electron chi connectivity index (χ0n) is 32.2. The van der Waals surface area contributed by atoms with Crippen molar-refractivity contribution in [2.45, 2.75) is 92.7 Å². The molecule has 286 valence electrons. The Kier molecular flexibility index (Phi) is 12.2. The topological polar surface area (TPSA) is 147 Å². The number of anilines is 2. The van der Waals surface area contributed by atoms with Crippen molar-refractivity contribution < 1.29 is 21.6 Å². The minimum absolute atomic E-state index is 0.00521. The van der Waals surface area contributed by atoms with Crippen molar-refractivity contribution in [2.75, 3.05) is 16.2 Å². The Labute approximate surface area is 317 Å². The number of azo groups is 1. The minimum atomic E-state index is -4.60.